The third-order valence-corrected chi connectivity index (χ3v) is 5.94. The van der Waals surface area contributed by atoms with Gasteiger partial charge in [-0.1, -0.05) is 36.7 Å². The van der Waals surface area contributed by atoms with Crippen molar-refractivity contribution in [1.29, 1.82) is 0 Å². The summed E-state index contributed by atoms with van der Waals surface area (Å²) in [5.41, 5.74) is 0.973. The molecule has 23 heavy (non-hydrogen) atoms. The van der Waals surface area contributed by atoms with E-state index in [2.05, 4.69) is 17.2 Å². The molecule has 2 bridgehead atoms. The Hall–Kier alpha value is -0.710. The zero-order chi connectivity index (χ0) is 15.1. The molecule has 0 spiro atoms. The molecule has 1 aromatic heterocycles. The molecular weight excluding hydrogens is 349 g/mol. The monoisotopic (exact) mass is 369 g/mol. The van der Waals surface area contributed by atoms with Gasteiger partial charge in [0.05, 0.1) is 5.52 Å². The third kappa shape index (κ3) is 3.40. The van der Waals surface area contributed by atoms with Gasteiger partial charge in [0.25, 0.3) is 0 Å². The number of nitrogens with zero attached hydrogens (tertiary/aromatic N) is 2. The lowest BCUT2D eigenvalue weighted by atomic mass is 9.95. The van der Waals surface area contributed by atoms with Crippen LogP contribution >= 0.6 is 35.8 Å². The van der Waals surface area contributed by atoms with Gasteiger partial charge in [0, 0.05) is 16.5 Å². The second-order valence-corrected chi connectivity index (χ2v) is 8.04. The van der Waals surface area contributed by atoms with Crippen LogP contribution in [-0.4, -0.2) is 21.8 Å². The molecule has 1 N–H and O–H groups in total. The Morgan fingerprint density at radius 3 is 2.83 bits per heavy atom. The molecule has 2 aliphatic rings. The van der Waals surface area contributed by atoms with Crippen molar-refractivity contribution < 1.29 is 0 Å². The average molecular weight is 370 g/mol. The van der Waals surface area contributed by atoms with Crippen LogP contribution in [0.4, 0.5) is 5.82 Å². The molecule has 6 heteroatoms. The van der Waals surface area contributed by atoms with Gasteiger partial charge in [-0.25, -0.2) is 9.97 Å². The standard InChI is InChI=1S/C17H20ClN3S.ClH/c1-2-22-17-20-14-6-5-12(18)9-13(14)16(21-17)19-15-8-10-3-4-11(15)7-10;/h5-6,9-11,15H,2-4,7-8H2,1H3,(H,19,20,21);1H. The van der Waals surface area contributed by atoms with Crippen molar-refractivity contribution in [2.75, 3.05) is 11.1 Å². The van der Waals surface area contributed by atoms with E-state index in [9.17, 15) is 0 Å². The minimum atomic E-state index is 0. The van der Waals surface area contributed by atoms with Crippen molar-refractivity contribution in [1.82, 2.24) is 9.97 Å². The molecule has 3 atom stereocenters. The molecule has 0 saturated heterocycles. The summed E-state index contributed by atoms with van der Waals surface area (Å²) in [6.45, 7) is 2.13. The zero-order valence-electron chi connectivity index (χ0n) is 13.1. The van der Waals surface area contributed by atoms with Crippen molar-refractivity contribution >= 4 is 52.5 Å². The highest BCUT2D eigenvalue weighted by atomic mass is 35.5. The molecule has 2 fully saturated rings. The molecule has 4 rings (SSSR count). The van der Waals surface area contributed by atoms with Gasteiger partial charge < -0.3 is 5.32 Å². The van der Waals surface area contributed by atoms with E-state index in [1.165, 1.54) is 25.7 Å². The summed E-state index contributed by atoms with van der Waals surface area (Å²) in [4.78, 5) is 9.40. The Labute approximate surface area is 152 Å². The fourth-order valence-corrected chi connectivity index (χ4v) is 4.73. The smallest absolute Gasteiger partial charge is 0.190 e. The number of benzene rings is 1. The molecule has 2 aromatic rings. The van der Waals surface area contributed by atoms with Gasteiger partial charge in [-0.15, -0.1) is 12.4 Å². The van der Waals surface area contributed by atoms with E-state index in [-0.39, 0.29) is 12.4 Å². The van der Waals surface area contributed by atoms with Crippen LogP contribution in [0, 0.1) is 11.8 Å². The fraction of sp³-hybridized carbons (Fsp3) is 0.529. The first kappa shape index (κ1) is 17.1. The highest BCUT2D eigenvalue weighted by Gasteiger charge is 2.39. The number of rotatable bonds is 4. The SMILES string of the molecule is CCSc1nc(NC2CC3CCC2C3)c2cc(Cl)ccc2n1.Cl. The highest BCUT2D eigenvalue weighted by Crippen LogP contribution is 2.45. The minimum absolute atomic E-state index is 0. The summed E-state index contributed by atoms with van der Waals surface area (Å²) in [5.74, 6) is 3.67. The van der Waals surface area contributed by atoms with E-state index in [0.29, 0.717) is 6.04 Å². The second kappa shape index (κ2) is 7.04. The number of hydrogen-bond acceptors (Lipinski definition) is 4. The Morgan fingerprint density at radius 2 is 2.13 bits per heavy atom. The molecule has 2 aliphatic carbocycles. The lowest BCUT2D eigenvalue weighted by Crippen LogP contribution is -2.26. The van der Waals surface area contributed by atoms with Crippen LogP contribution < -0.4 is 5.32 Å². The van der Waals surface area contributed by atoms with Gasteiger partial charge in [0.2, 0.25) is 0 Å². The lowest BCUT2D eigenvalue weighted by Gasteiger charge is -2.24. The molecule has 0 aliphatic heterocycles. The summed E-state index contributed by atoms with van der Waals surface area (Å²) in [5, 5.41) is 6.34. The number of anilines is 1. The van der Waals surface area contributed by atoms with E-state index < -0.39 is 0 Å². The Kier molecular flexibility index (Phi) is 5.24. The van der Waals surface area contributed by atoms with Gasteiger partial charge >= 0.3 is 0 Å². The Bertz CT molecular complexity index is 710. The van der Waals surface area contributed by atoms with Crippen LogP contribution in [0.1, 0.15) is 32.6 Å². The van der Waals surface area contributed by atoms with Crippen molar-refractivity contribution in [3.8, 4) is 0 Å². The number of hydrogen-bond donors (Lipinski definition) is 1. The molecule has 3 unspecified atom stereocenters. The number of thioether (sulfide) groups is 1. The molecular formula is C17H21Cl2N3S. The summed E-state index contributed by atoms with van der Waals surface area (Å²) >= 11 is 7.87. The molecule has 2 saturated carbocycles. The molecule has 0 radical (unpaired) electrons. The van der Waals surface area contributed by atoms with Crippen molar-refractivity contribution in [3.63, 3.8) is 0 Å². The maximum absolute atomic E-state index is 6.18. The number of fused-ring (bicyclic) bond motifs is 3. The molecule has 1 heterocycles. The number of nitrogens with one attached hydrogen (secondary N) is 1. The van der Waals surface area contributed by atoms with E-state index in [1.54, 1.807) is 11.8 Å². The lowest BCUT2D eigenvalue weighted by molar-refractivity contribution is 0.439. The highest BCUT2D eigenvalue weighted by molar-refractivity contribution is 7.99. The van der Waals surface area contributed by atoms with E-state index in [1.807, 2.05) is 18.2 Å². The third-order valence-electron chi connectivity index (χ3n) is 4.97. The maximum Gasteiger partial charge on any atom is 0.190 e. The van der Waals surface area contributed by atoms with Crippen LogP contribution in [0.5, 0.6) is 0 Å². The van der Waals surface area contributed by atoms with E-state index in [0.717, 1.165) is 44.5 Å². The van der Waals surface area contributed by atoms with Crippen LogP contribution in [0.25, 0.3) is 10.9 Å². The first-order valence-electron chi connectivity index (χ1n) is 8.09. The summed E-state index contributed by atoms with van der Waals surface area (Å²) in [7, 11) is 0. The predicted octanol–water partition coefficient (Wildman–Crippen LogP) is 5.42. The predicted molar refractivity (Wildman–Crippen MR) is 101 cm³/mol. The van der Waals surface area contributed by atoms with Gasteiger partial charge in [-0.2, -0.15) is 0 Å². The molecule has 124 valence electrons. The first-order chi connectivity index (χ1) is 10.7. The molecule has 1 aromatic carbocycles. The Morgan fingerprint density at radius 1 is 1.26 bits per heavy atom. The maximum atomic E-state index is 6.18. The Balaban J connectivity index is 0.00000156. The average Bonchev–Trinajstić information content (AvgIpc) is 3.11. The molecule has 3 nitrogen and oxygen atoms in total. The largest absolute Gasteiger partial charge is 0.366 e. The van der Waals surface area contributed by atoms with Crippen LogP contribution in [0.15, 0.2) is 23.4 Å². The number of halogens is 2. The minimum Gasteiger partial charge on any atom is -0.366 e. The van der Waals surface area contributed by atoms with Crippen LogP contribution in [0.3, 0.4) is 0 Å². The summed E-state index contributed by atoms with van der Waals surface area (Å²) < 4.78 is 0. The van der Waals surface area contributed by atoms with Crippen molar-refractivity contribution in [2.24, 2.45) is 11.8 Å². The van der Waals surface area contributed by atoms with Gasteiger partial charge in [-0.3, -0.25) is 0 Å². The quantitative estimate of drug-likeness (QED) is 0.576. The van der Waals surface area contributed by atoms with Gasteiger partial charge in [0.15, 0.2) is 5.16 Å². The first-order valence-corrected chi connectivity index (χ1v) is 9.46. The summed E-state index contributed by atoms with van der Waals surface area (Å²) in [6.07, 6.45) is 5.45. The molecule has 0 amide bonds. The topological polar surface area (TPSA) is 37.8 Å². The summed E-state index contributed by atoms with van der Waals surface area (Å²) in [6, 6.07) is 6.44. The fourth-order valence-electron chi connectivity index (χ4n) is 3.98. The van der Waals surface area contributed by atoms with Crippen LogP contribution in [-0.2, 0) is 0 Å². The van der Waals surface area contributed by atoms with E-state index in [4.69, 9.17) is 16.6 Å². The van der Waals surface area contributed by atoms with E-state index >= 15 is 0 Å². The van der Waals surface area contributed by atoms with Crippen molar-refractivity contribution in [3.05, 3.63) is 23.2 Å². The normalized spacial score (nSPS) is 25.6. The van der Waals surface area contributed by atoms with Gasteiger partial charge in [0.1, 0.15) is 5.82 Å². The second-order valence-electron chi connectivity index (χ2n) is 6.37. The number of aromatic nitrogens is 2. The van der Waals surface area contributed by atoms with Gasteiger partial charge in [-0.05, 0) is 55.1 Å². The van der Waals surface area contributed by atoms with Crippen LogP contribution in [0.2, 0.25) is 5.02 Å². The van der Waals surface area contributed by atoms with Crippen molar-refractivity contribution in [2.45, 2.75) is 43.8 Å². The zero-order valence-corrected chi connectivity index (χ0v) is 15.5.